The third kappa shape index (κ3) is 2.63. The number of nitrogens with zero attached hydrogens (tertiary/aromatic N) is 4. The van der Waals surface area contributed by atoms with Crippen LogP contribution in [0.4, 0.5) is 5.82 Å². The number of piperidine rings is 1. The van der Waals surface area contributed by atoms with Gasteiger partial charge in [0.25, 0.3) is 0 Å². The van der Waals surface area contributed by atoms with Crippen LogP contribution in [-0.2, 0) is 0 Å². The van der Waals surface area contributed by atoms with E-state index in [0.29, 0.717) is 0 Å². The molecule has 6 nitrogen and oxygen atoms in total. The van der Waals surface area contributed by atoms with Gasteiger partial charge in [0, 0.05) is 37.0 Å². The quantitative estimate of drug-likeness (QED) is 0.596. The predicted molar refractivity (Wildman–Crippen MR) is 102 cm³/mol. The zero-order valence-electron chi connectivity index (χ0n) is 14.3. The van der Waals surface area contributed by atoms with Crippen LogP contribution in [0.5, 0.6) is 0 Å². The molecule has 0 aliphatic carbocycles. The molecular weight excluding hydrogens is 324 g/mol. The summed E-state index contributed by atoms with van der Waals surface area (Å²) in [5.74, 6) is 2.54. The van der Waals surface area contributed by atoms with Crippen molar-refractivity contribution in [1.29, 1.82) is 0 Å². The standard InChI is InChI=1S/C20H19N6/c1-2-15(10-16(3-1)17-11-24-25-12-17)14-5-8-26(9-6-14)20-18-4-7-21-19(18)22-13-23-20/h1-4,7,10-13H,5-6,8-9H2,(H,24,25)(H,21,22,23). The fraction of sp³-hybridized carbons (Fsp3) is 0.200. The van der Waals surface area contributed by atoms with Crippen LogP contribution in [0, 0.1) is 5.92 Å². The summed E-state index contributed by atoms with van der Waals surface area (Å²) >= 11 is 0. The lowest BCUT2D eigenvalue weighted by Gasteiger charge is -2.33. The number of rotatable bonds is 3. The van der Waals surface area contributed by atoms with Gasteiger partial charge in [-0.25, -0.2) is 9.97 Å². The first-order chi connectivity index (χ1) is 12.9. The van der Waals surface area contributed by atoms with Gasteiger partial charge in [0.15, 0.2) is 0 Å². The molecule has 1 radical (unpaired) electrons. The third-order valence-electron chi connectivity index (χ3n) is 5.10. The molecule has 26 heavy (non-hydrogen) atoms. The highest BCUT2D eigenvalue weighted by molar-refractivity contribution is 5.87. The Labute approximate surface area is 151 Å². The highest BCUT2D eigenvalue weighted by Crippen LogP contribution is 2.32. The van der Waals surface area contributed by atoms with E-state index in [4.69, 9.17) is 0 Å². The number of aromatic amines is 2. The van der Waals surface area contributed by atoms with Crippen molar-refractivity contribution in [3.8, 4) is 11.1 Å². The Kier molecular flexibility index (Phi) is 3.66. The average Bonchev–Trinajstić information content (AvgIpc) is 3.40. The second-order valence-electron chi connectivity index (χ2n) is 6.60. The molecule has 1 aliphatic heterocycles. The fourth-order valence-electron chi connectivity index (χ4n) is 3.72. The summed E-state index contributed by atoms with van der Waals surface area (Å²) in [5, 5.41) is 8.03. The average molecular weight is 343 g/mol. The second kappa shape index (κ2) is 6.29. The van der Waals surface area contributed by atoms with E-state index in [2.05, 4.69) is 60.4 Å². The lowest BCUT2D eigenvalue weighted by molar-refractivity contribution is 0.625. The van der Waals surface area contributed by atoms with Gasteiger partial charge in [-0.1, -0.05) is 24.3 Å². The molecule has 129 valence electrons. The maximum Gasteiger partial charge on any atom is 0.142 e. The maximum absolute atomic E-state index is 4.52. The van der Waals surface area contributed by atoms with Crippen LogP contribution in [0.1, 0.15) is 18.4 Å². The number of H-pyrrole nitrogens is 2. The van der Waals surface area contributed by atoms with Crippen molar-refractivity contribution in [1.82, 2.24) is 25.1 Å². The number of fused-ring (bicyclic) bond motifs is 1. The maximum atomic E-state index is 4.52. The molecule has 1 fully saturated rings. The van der Waals surface area contributed by atoms with Gasteiger partial charge in [-0.3, -0.25) is 5.10 Å². The minimum Gasteiger partial charge on any atom is -0.356 e. The summed E-state index contributed by atoms with van der Waals surface area (Å²) in [6.07, 6.45) is 9.45. The molecule has 3 aromatic heterocycles. The van der Waals surface area contributed by atoms with Crippen LogP contribution in [0.25, 0.3) is 22.2 Å². The van der Waals surface area contributed by atoms with Gasteiger partial charge >= 0.3 is 0 Å². The smallest absolute Gasteiger partial charge is 0.142 e. The summed E-state index contributed by atoms with van der Waals surface area (Å²) in [6, 6.07) is 10.8. The van der Waals surface area contributed by atoms with Crippen molar-refractivity contribution >= 4 is 16.9 Å². The van der Waals surface area contributed by atoms with Crippen LogP contribution in [0.3, 0.4) is 0 Å². The van der Waals surface area contributed by atoms with E-state index in [-0.39, 0.29) is 0 Å². The Bertz CT molecular complexity index is 1010. The van der Waals surface area contributed by atoms with Crippen molar-refractivity contribution < 1.29 is 0 Å². The molecule has 6 heteroatoms. The number of nitrogens with one attached hydrogen (secondary N) is 2. The molecule has 1 saturated heterocycles. The summed E-state index contributed by atoms with van der Waals surface area (Å²) in [4.78, 5) is 14.3. The van der Waals surface area contributed by atoms with E-state index in [1.54, 1.807) is 6.33 Å². The normalized spacial score (nSPS) is 15.6. The van der Waals surface area contributed by atoms with E-state index in [1.807, 2.05) is 18.6 Å². The van der Waals surface area contributed by atoms with Crippen LogP contribution >= 0.6 is 0 Å². The topological polar surface area (TPSA) is 73.5 Å². The van der Waals surface area contributed by atoms with Gasteiger partial charge in [-0.05, 0) is 30.0 Å². The largest absolute Gasteiger partial charge is 0.356 e. The van der Waals surface area contributed by atoms with Crippen molar-refractivity contribution in [2.24, 2.45) is 0 Å². The molecule has 4 heterocycles. The first-order valence-corrected chi connectivity index (χ1v) is 8.86. The van der Waals surface area contributed by atoms with Crippen LogP contribution in [-0.4, -0.2) is 38.2 Å². The fourth-order valence-corrected chi connectivity index (χ4v) is 3.72. The molecule has 1 aliphatic rings. The first kappa shape index (κ1) is 15.1. The van der Waals surface area contributed by atoms with E-state index in [1.165, 1.54) is 17.0 Å². The van der Waals surface area contributed by atoms with Gasteiger partial charge in [-0.15, -0.1) is 0 Å². The lowest BCUT2D eigenvalue weighted by Crippen LogP contribution is -2.34. The van der Waals surface area contributed by atoms with Gasteiger partial charge in [-0.2, -0.15) is 5.10 Å². The van der Waals surface area contributed by atoms with Crippen LogP contribution in [0.2, 0.25) is 0 Å². The molecule has 0 saturated carbocycles. The van der Waals surface area contributed by atoms with E-state index in [9.17, 15) is 0 Å². The Balaban J connectivity index is 1.35. The van der Waals surface area contributed by atoms with Gasteiger partial charge in [0.2, 0.25) is 0 Å². The molecule has 2 N–H and O–H groups in total. The van der Waals surface area contributed by atoms with Gasteiger partial charge < -0.3 is 9.88 Å². The molecule has 5 rings (SSSR count). The molecule has 0 bridgehead atoms. The zero-order chi connectivity index (χ0) is 17.3. The van der Waals surface area contributed by atoms with Crippen molar-refractivity contribution in [3.05, 3.63) is 66.7 Å². The van der Waals surface area contributed by atoms with E-state index in [0.717, 1.165) is 48.3 Å². The first-order valence-electron chi connectivity index (χ1n) is 8.86. The Morgan fingerprint density at radius 3 is 2.69 bits per heavy atom. The van der Waals surface area contributed by atoms with Crippen molar-refractivity contribution in [2.45, 2.75) is 12.8 Å². The molecule has 0 unspecified atom stereocenters. The lowest BCUT2D eigenvalue weighted by atomic mass is 9.88. The van der Waals surface area contributed by atoms with Crippen molar-refractivity contribution in [2.75, 3.05) is 18.0 Å². The molecular formula is C20H19N6. The molecule has 0 spiro atoms. The number of benzene rings is 1. The van der Waals surface area contributed by atoms with Crippen LogP contribution in [0.15, 0.2) is 55.2 Å². The molecule has 0 amide bonds. The number of anilines is 1. The summed E-state index contributed by atoms with van der Waals surface area (Å²) in [5.41, 5.74) is 4.56. The van der Waals surface area contributed by atoms with E-state index < -0.39 is 0 Å². The zero-order valence-corrected chi connectivity index (χ0v) is 14.3. The number of hydrogen-bond donors (Lipinski definition) is 2. The predicted octanol–water partition coefficient (Wildman–Crippen LogP) is 3.57. The minimum absolute atomic E-state index is 0.901. The second-order valence-corrected chi connectivity index (χ2v) is 6.60. The van der Waals surface area contributed by atoms with E-state index >= 15 is 0 Å². The summed E-state index contributed by atoms with van der Waals surface area (Å²) in [7, 11) is 0. The number of aromatic nitrogens is 5. The SMILES string of the molecule is c1cc([C]2CCN(c3ncnc4[nH]ccc34)CC2)cc(-c2cn[nH]c2)c1. The Hall–Kier alpha value is -3.15. The summed E-state index contributed by atoms with van der Waals surface area (Å²) in [6.45, 7) is 1.95. The van der Waals surface area contributed by atoms with Crippen molar-refractivity contribution in [3.63, 3.8) is 0 Å². The van der Waals surface area contributed by atoms with Crippen LogP contribution < -0.4 is 4.90 Å². The monoisotopic (exact) mass is 343 g/mol. The van der Waals surface area contributed by atoms with Gasteiger partial charge in [0.05, 0.1) is 11.6 Å². The highest BCUT2D eigenvalue weighted by Gasteiger charge is 2.23. The molecule has 0 atom stereocenters. The summed E-state index contributed by atoms with van der Waals surface area (Å²) < 4.78 is 0. The number of hydrogen-bond acceptors (Lipinski definition) is 4. The minimum atomic E-state index is 0.901. The van der Waals surface area contributed by atoms with Gasteiger partial charge in [0.1, 0.15) is 17.8 Å². The Morgan fingerprint density at radius 1 is 0.962 bits per heavy atom. The molecule has 4 aromatic rings. The molecule has 1 aromatic carbocycles. The third-order valence-corrected chi connectivity index (χ3v) is 5.10. The highest BCUT2D eigenvalue weighted by atomic mass is 15.2. The Morgan fingerprint density at radius 2 is 1.85 bits per heavy atom.